The zero-order chi connectivity index (χ0) is 24.5. The van der Waals surface area contributed by atoms with E-state index in [-0.39, 0.29) is 24.8 Å². The molecule has 2 aromatic heterocycles. The minimum Gasteiger partial charge on any atom is -0.391 e. The maximum absolute atomic E-state index is 13.7. The molecule has 4 rings (SSSR count). The van der Waals surface area contributed by atoms with Gasteiger partial charge >= 0.3 is 0 Å². The number of β-amino-alcohol motifs (C(OH)–C–C–N with tert-alkyl or cyclic N) is 1. The maximum Gasteiger partial charge on any atom is 0.248 e. The van der Waals surface area contributed by atoms with E-state index in [2.05, 4.69) is 20.6 Å². The lowest BCUT2D eigenvalue weighted by atomic mass is 9.85. The molecular formula is C24H31N7O3. The largest absolute Gasteiger partial charge is 0.391 e. The molecule has 10 heteroatoms. The molecule has 1 aliphatic rings. The van der Waals surface area contributed by atoms with Crippen LogP contribution in [-0.2, 0) is 16.1 Å². The molecule has 3 heterocycles. The van der Waals surface area contributed by atoms with Crippen molar-refractivity contribution in [2.45, 2.75) is 51.9 Å². The van der Waals surface area contributed by atoms with Gasteiger partial charge in [0, 0.05) is 38.0 Å². The van der Waals surface area contributed by atoms with Gasteiger partial charge in [-0.25, -0.2) is 9.67 Å². The average Bonchev–Trinajstić information content (AvgIpc) is 3.53. The Morgan fingerprint density at radius 1 is 1.24 bits per heavy atom. The summed E-state index contributed by atoms with van der Waals surface area (Å²) in [6, 6.07) is 8.48. The van der Waals surface area contributed by atoms with E-state index in [4.69, 9.17) is 0 Å². The molecule has 1 fully saturated rings. The number of nitrogens with one attached hydrogen (secondary N) is 1. The van der Waals surface area contributed by atoms with Crippen molar-refractivity contribution >= 4 is 11.8 Å². The summed E-state index contributed by atoms with van der Waals surface area (Å²) in [6.45, 7) is 6.39. The third-order valence-electron chi connectivity index (χ3n) is 6.07. The van der Waals surface area contributed by atoms with E-state index >= 15 is 0 Å². The Balaban J connectivity index is 1.60. The van der Waals surface area contributed by atoms with Crippen LogP contribution in [0.4, 0.5) is 0 Å². The smallest absolute Gasteiger partial charge is 0.248 e. The molecular weight excluding hydrogens is 434 g/mol. The van der Waals surface area contributed by atoms with Crippen LogP contribution in [0.3, 0.4) is 0 Å². The highest BCUT2D eigenvalue weighted by molar-refractivity contribution is 5.90. The summed E-state index contributed by atoms with van der Waals surface area (Å²) in [5.74, 6) is 0.269. The van der Waals surface area contributed by atoms with E-state index in [1.54, 1.807) is 17.1 Å². The first kappa shape index (κ1) is 23.6. The topological polar surface area (TPSA) is 118 Å². The molecule has 3 atom stereocenters. The Hall–Kier alpha value is -3.53. The highest BCUT2D eigenvalue weighted by Crippen LogP contribution is 2.34. The van der Waals surface area contributed by atoms with Crippen molar-refractivity contribution in [3.05, 3.63) is 54.6 Å². The molecule has 0 radical (unpaired) electrons. The van der Waals surface area contributed by atoms with Gasteiger partial charge in [-0.3, -0.25) is 9.59 Å². The summed E-state index contributed by atoms with van der Waals surface area (Å²) in [7, 11) is 1.53. The van der Waals surface area contributed by atoms with Crippen molar-refractivity contribution in [1.29, 1.82) is 0 Å². The summed E-state index contributed by atoms with van der Waals surface area (Å²) < 4.78 is 3.55. The van der Waals surface area contributed by atoms with Crippen LogP contribution in [0, 0.1) is 5.41 Å². The van der Waals surface area contributed by atoms with Crippen LogP contribution in [0.2, 0.25) is 0 Å². The number of aliphatic hydroxyl groups is 1. The first-order valence-corrected chi connectivity index (χ1v) is 11.4. The van der Waals surface area contributed by atoms with Gasteiger partial charge in [-0.05, 0) is 5.41 Å². The lowest BCUT2D eigenvalue weighted by Gasteiger charge is -2.34. The predicted octanol–water partition coefficient (Wildman–Crippen LogP) is 1.48. The van der Waals surface area contributed by atoms with E-state index in [0.717, 1.165) is 11.4 Å². The fourth-order valence-corrected chi connectivity index (χ4v) is 4.48. The van der Waals surface area contributed by atoms with Crippen LogP contribution >= 0.6 is 0 Å². The molecule has 1 aliphatic heterocycles. The van der Waals surface area contributed by atoms with Gasteiger partial charge in [0.25, 0.3) is 0 Å². The average molecular weight is 466 g/mol. The third-order valence-corrected chi connectivity index (χ3v) is 6.07. The number of nitrogens with zero attached hydrogens (tertiary/aromatic N) is 6. The highest BCUT2D eigenvalue weighted by Gasteiger charge is 2.45. The standard InChI is InChI=1S/C24H31N7O3/c1-24(2,3)20(23(34)30-15-18(32)12-19(30)22(33)25-4)31-14-17(27-28-31)13-29-11-10-26-21(29)16-8-6-5-7-9-16/h5-11,14,18-20,32H,12-13,15H2,1-4H3,(H,25,33)/t18-,19+,20-/m1/s1. The molecule has 3 aromatic rings. The fourth-order valence-electron chi connectivity index (χ4n) is 4.48. The van der Waals surface area contributed by atoms with E-state index in [1.807, 2.05) is 61.9 Å². The fraction of sp³-hybridized carbons (Fsp3) is 0.458. The lowest BCUT2D eigenvalue weighted by molar-refractivity contribution is -0.144. The molecule has 2 N–H and O–H groups in total. The molecule has 0 aliphatic carbocycles. The van der Waals surface area contributed by atoms with Crippen molar-refractivity contribution in [3.8, 4) is 11.4 Å². The molecule has 0 bridgehead atoms. The number of hydrogen-bond donors (Lipinski definition) is 2. The van der Waals surface area contributed by atoms with Crippen molar-refractivity contribution in [2.24, 2.45) is 5.41 Å². The Morgan fingerprint density at radius 2 is 1.97 bits per heavy atom. The first-order valence-electron chi connectivity index (χ1n) is 11.4. The Labute approximate surface area is 198 Å². The Bertz CT molecular complexity index is 1150. The molecule has 2 amide bonds. The zero-order valence-electron chi connectivity index (χ0n) is 19.9. The number of likely N-dealkylation sites (tertiary alicyclic amines) is 1. The molecule has 10 nitrogen and oxygen atoms in total. The van der Waals surface area contributed by atoms with Crippen molar-refractivity contribution < 1.29 is 14.7 Å². The summed E-state index contributed by atoms with van der Waals surface area (Å²) in [6.07, 6.45) is 4.87. The van der Waals surface area contributed by atoms with Gasteiger partial charge in [0.05, 0.1) is 18.8 Å². The van der Waals surface area contributed by atoms with Gasteiger partial charge in [0.1, 0.15) is 23.6 Å². The normalized spacial score (nSPS) is 19.3. The van der Waals surface area contributed by atoms with Gasteiger partial charge < -0.3 is 19.9 Å². The number of carbonyl (C=O) groups excluding carboxylic acids is 2. The van der Waals surface area contributed by atoms with Crippen LogP contribution in [-0.4, -0.2) is 72.1 Å². The summed E-state index contributed by atoms with van der Waals surface area (Å²) in [5.41, 5.74) is 1.17. The number of benzene rings is 1. The number of aliphatic hydroxyl groups excluding tert-OH is 1. The maximum atomic E-state index is 13.7. The molecule has 1 aromatic carbocycles. The van der Waals surface area contributed by atoms with E-state index in [9.17, 15) is 14.7 Å². The first-order chi connectivity index (χ1) is 16.2. The summed E-state index contributed by atoms with van der Waals surface area (Å²) in [5, 5.41) is 21.4. The third kappa shape index (κ3) is 4.72. The number of aromatic nitrogens is 5. The van der Waals surface area contributed by atoms with Gasteiger partial charge in [-0.1, -0.05) is 56.3 Å². The Kier molecular flexibility index (Phi) is 6.52. The van der Waals surface area contributed by atoms with Crippen molar-refractivity contribution in [2.75, 3.05) is 13.6 Å². The number of likely N-dealkylation sites (N-methyl/N-ethyl adjacent to an activating group) is 1. The summed E-state index contributed by atoms with van der Waals surface area (Å²) in [4.78, 5) is 32.0. The Morgan fingerprint density at radius 3 is 2.65 bits per heavy atom. The number of imidazole rings is 1. The second kappa shape index (κ2) is 9.38. The van der Waals surface area contributed by atoms with E-state index in [1.165, 1.54) is 11.9 Å². The quantitative estimate of drug-likeness (QED) is 0.569. The van der Waals surface area contributed by atoms with E-state index in [0.29, 0.717) is 12.2 Å². The molecule has 0 unspecified atom stereocenters. The van der Waals surface area contributed by atoms with Crippen LogP contribution in [0.15, 0.2) is 48.9 Å². The minimum absolute atomic E-state index is 0.112. The molecule has 1 saturated heterocycles. The van der Waals surface area contributed by atoms with Crippen molar-refractivity contribution in [1.82, 2.24) is 34.8 Å². The molecule has 34 heavy (non-hydrogen) atoms. The number of rotatable bonds is 6. The molecule has 180 valence electrons. The second-order valence-electron chi connectivity index (χ2n) is 9.71. The second-order valence-corrected chi connectivity index (χ2v) is 9.71. The van der Waals surface area contributed by atoms with E-state index < -0.39 is 23.6 Å². The molecule has 0 spiro atoms. The van der Waals surface area contributed by atoms with Gasteiger partial charge in [-0.2, -0.15) is 0 Å². The van der Waals surface area contributed by atoms with Gasteiger partial charge in [0.2, 0.25) is 11.8 Å². The SMILES string of the molecule is CNC(=O)[C@@H]1C[C@@H](O)CN1C(=O)[C@@H](n1cc(Cn2ccnc2-c2ccccc2)nn1)C(C)(C)C. The van der Waals surface area contributed by atoms with Crippen LogP contribution in [0.5, 0.6) is 0 Å². The van der Waals surface area contributed by atoms with Gasteiger partial charge in [0.15, 0.2) is 0 Å². The highest BCUT2D eigenvalue weighted by atomic mass is 16.3. The monoisotopic (exact) mass is 465 g/mol. The van der Waals surface area contributed by atoms with Crippen LogP contribution < -0.4 is 5.32 Å². The van der Waals surface area contributed by atoms with Gasteiger partial charge in [-0.15, -0.1) is 5.10 Å². The number of hydrogen-bond acceptors (Lipinski definition) is 6. The number of carbonyl (C=O) groups is 2. The summed E-state index contributed by atoms with van der Waals surface area (Å²) >= 11 is 0. The lowest BCUT2D eigenvalue weighted by Crippen LogP contribution is -2.49. The predicted molar refractivity (Wildman–Crippen MR) is 125 cm³/mol. The zero-order valence-corrected chi connectivity index (χ0v) is 19.9. The van der Waals surface area contributed by atoms with Crippen LogP contribution in [0.25, 0.3) is 11.4 Å². The van der Waals surface area contributed by atoms with Crippen LogP contribution in [0.1, 0.15) is 38.9 Å². The number of amides is 2. The van der Waals surface area contributed by atoms with Crippen molar-refractivity contribution in [3.63, 3.8) is 0 Å². The molecule has 0 saturated carbocycles. The minimum atomic E-state index is -0.740.